The molecule has 2 aromatic heterocycles. The molecule has 0 unspecified atom stereocenters. The Morgan fingerprint density at radius 3 is 2.66 bits per heavy atom. The highest BCUT2D eigenvalue weighted by Gasteiger charge is 2.13. The Morgan fingerprint density at radius 2 is 1.88 bits per heavy atom. The van der Waals surface area contributed by atoms with E-state index in [2.05, 4.69) is 20.9 Å². The van der Waals surface area contributed by atoms with Crippen LogP contribution in [0.3, 0.4) is 0 Å². The smallest absolute Gasteiger partial charge is 0.274 e. The van der Waals surface area contributed by atoms with E-state index >= 15 is 0 Å². The van der Waals surface area contributed by atoms with E-state index in [1.54, 1.807) is 34.7 Å². The molecule has 32 heavy (non-hydrogen) atoms. The van der Waals surface area contributed by atoms with Crippen molar-refractivity contribution in [1.29, 1.82) is 0 Å². The number of rotatable bonds is 4. The van der Waals surface area contributed by atoms with Crippen molar-refractivity contribution < 1.29 is 4.74 Å². The van der Waals surface area contributed by atoms with Crippen LogP contribution >= 0.6 is 62.1 Å². The fourth-order valence-corrected chi connectivity index (χ4v) is 5.79. The molecule has 0 aliphatic carbocycles. The molecule has 0 bridgehead atoms. The number of benzene rings is 3. The molecule has 0 saturated heterocycles. The molecule has 0 amide bonds. The van der Waals surface area contributed by atoms with E-state index in [4.69, 9.17) is 39.5 Å². The van der Waals surface area contributed by atoms with Crippen molar-refractivity contribution in [1.82, 2.24) is 9.38 Å². The predicted molar refractivity (Wildman–Crippen MR) is 136 cm³/mol. The molecule has 0 saturated carbocycles. The lowest BCUT2D eigenvalue weighted by Crippen LogP contribution is -2.22. The van der Waals surface area contributed by atoms with Gasteiger partial charge in [0.1, 0.15) is 6.61 Å². The number of aromatic nitrogens is 2. The molecule has 3 aromatic carbocycles. The predicted octanol–water partition coefficient (Wildman–Crippen LogP) is 6.76. The van der Waals surface area contributed by atoms with Gasteiger partial charge in [0.15, 0.2) is 10.7 Å². The first kappa shape index (κ1) is 21.7. The molecule has 5 rings (SSSR count). The molecule has 0 radical (unpaired) electrons. The lowest BCUT2D eigenvalue weighted by Gasteiger charge is -2.12. The maximum atomic E-state index is 13.0. The minimum Gasteiger partial charge on any atom is -0.486 e. The number of halogens is 4. The summed E-state index contributed by atoms with van der Waals surface area (Å²) in [5.41, 5.74) is 3.05. The summed E-state index contributed by atoms with van der Waals surface area (Å²) in [6, 6.07) is 16.4. The topological polar surface area (TPSA) is 43.6 Å². The highest BCUT2D eigenvalue weighted by Crippen LogP contribution is 2.36. The van der Waals surface area contributed by atoms with Crippen LogP contribution in [0.4, 0.5) is 0 Å². The van der Waals surface area contributed by atoms with E-state index < -0.39 is 0 Å². The van der Waals surface area contributed by atoms with E-state index in [1.165, 1.54) is 11.3 Å². The minimum atomic E-state index is -0.108. The normalized spacial score (nSPS) is 12.2. The molecule has 5 aromatic rings. The van der Waals surface area contributed by atoms with Crippen LogP contribution in [0, 0.1) is 0 Å². The lowest BCUT2D eigenvalue weighted by molar-refractivity contribution is 0.304. The second-order valence-corrected chi connectivity index (χ2v) is 10.1. The van der Waals surface area contributed by atoms with Gasteiger partial charge in [-0.05, 0) is 64.0 Å². The molecule has 0 atom stereocenters. The molecule has 0 spiro atoms. The first-order valence-corrected chi connectivity index (χ1v) is 12.1. The van der Waals surface area contributed by atoms with Crippen molar-refractivity contribution in [2.75, 3.05) is 0 Å². The highest BCUT2D eigenvalue weighted by atomic mass is 79.9. The van der Waals surface area contributed by atoms with Gasteiger partial charge in [-0.1, -0.05) is 64.3 Å². The van der Waals surface area contributed by atoms with E-state index in [1.807, 2.05) is 30.3 Å². The summed E-state index contributed by atoms with van der Waals surface area (Å²) in [6.07, 6.45) is 1.80. The van der Waals surface area contributed by atoms with Crippen LogP contribution in [0.5, 0.6) is 5.75 Å². The molecule has 4 nitrogen and oxygen atoms in total. The minimum absolute atomic E-state index is 0.108. The summed E-state index contributed by atoms with van der Waals surface area (Å²) in [5, 5.41) is 1.49. The Kier molecular flexibility index (Phi) is 5.90. The number of fused-ring (bicyclic) bond motifs is 3. The highest BCUT2D eigenvalue weighted by molar-refractivity contribution is 9.10. The fraction of sp³-hybridized carbons (Fsp3) is 0.0435. The Hall–Kier alpha value is -2.09. The number of nitrogens with zero attached hydrogens (tertiary/aromatic N) is 2. The first-order chi connectivity index (χ1) is 15.4. The molecule has 160 valence electrons. The van der Waals surface area contributed by atoms with Gasteiger partial charge in [-0.25, -0.2) is 9.38 Å². The van der Waals surface area contributed by atoms with E-state index in [0.717, 1.165) is 22.2 Å². The Labute approximate surface area is 209 Å². The van der Waals surface area contributed by atoms with Crippen LogP contribution < -0.4 is 14.8 Å². The summed E-state index contributed by atoms with van der Waals surface area (Å²) in [4.78, 5) is 18.2. The van der Waals surface area contributed by atoms with Crippen LogP contribution in [0.25, 0.3) is 22.1 Å². The number of para-hydroxylation sites is 2. The average molecular weight is 567 g/mol. The van der Waals surface area contributed by atoms with Gasteiger partial charge in [0.05, 0.1) is 25.1 Å². The third-order valence-electron chi connectivity index (χ3n) is 4.85. The zero-order valence-corrected chi connectivity index (χ0v) is 20.8. The monoisotopic (exact) mass is 564 g/mol. The quantitative estimate of drug-likeness (QED) is 0.242. The van der Waals surface area contributed by atoms with E-state index in [-0.39, 0.29) is 12.2 Å². The van der Waals surface area contributed by atoms with Crippen molar-refractivity contribution in [3.63, 3.8) is 0 Å². The third kappa shape index (κ3) is 4.02. The summed E-state index contributed by atoms with van der Waals surface area (Å²) < 4.78 is 8.77. The number of thiazole rings is 1. The second-order valence-electron chi connectivity index (χ2n) is 6.97. The van der Waals surface area contributed by atoms with Crippen molar-refractivity contribution in [2.45, 2.75) is 6.61 Å². The van der Waals surface area contributed by atoms with Gasteiger partial charge in [0, 0.05) is 15.6 Å². The van der Waals surface area contributed by atoms with Gasteiger partial charge in [0.2, 0.25) is 0 Å². The summed E-state index contributed by atoms with van der Waals surface area (Å²) >= 11 is 23.5. The Morgan fingerprint density at radius 1 is 1.06 bits per heavy atom. The molecule has 2 heterocycles. The van der Waals surface area contributed by atoms with Crippen molar-refractivity contribution in [2.24, 2.45) is 0 Å². The van der Waals surface area contributed by atoms with Crippen LogP contribution in [0.2, 0.25) is 15.1 Å². The van der Waals surface area contributed by atoms with E-state index in [9.17, 15) is 4.79 Å². The van der Waals surface area contributed by atoms with Crippen molar-refractivity contribution in [3.05, 3.63) is 100 Å². The van der Waals surface area contributed by atoms with Crippen LogP contribution in [-0.2, 0) is 6.61 Å². The Balaban J connectivity index is 1.48. The lowest BCUT2D eigenvalue weighted by atomic mass is 10.2. The fourth-order valence-electron chi connectivity index (χ4n) is 3.35. The van der Waals surface area contributed by atoms with Crippen molar-refractivity contribution >= 4 is 84.1 Å². The number of ether oxygens (including phenoxy) is 1. The number of hydrogen-bond acceptors (Lipinski definition) is 4. The maximum Gasteiger partial charge on any atom is 0.274 e. The third-order valence-corrected chi connectivity index (χ3v) is 7.28. The van der Waals surface area contributed by atoms with Gasteiger partial charge < -0.3 is 4.74 Å². The van der Waals surface area contributed by atoms with Gasteiger partial charge in [-0.2, -0.15) is 0 Å². The molecular formula is C23H12BrCl3N2O2S. The van der Waals surface area contributed by atoms with Crippen LogP contribution in [-0.4, -0.2) is 9.38 Å². The zero-order valence-electron chi connectivity index (χ0n) is 16.1. The summed E-state index contributed by atoms with van der Waals surface area (Å²) in [7, 11) is 0. The molecule has 0 aliphatic rings. The van der Waals surface area contributed by atoms with E-state index in [0.29, 0.717) is 34.8 Å². The molecule has 0 aliphatic heterocycles. The molecular weight excluding hydrogens is 555 g/mol. The van der Waals surface area contributed by atoms with Gasteiger partial charge >= 0.3 is 0 Å². The number of hydrogen-bond donors (Lipinski definition) is 0. The standard InChI is InChI=1S/C23H12BrCl3N2O2S/c24-15-7-12(8-17(27)21(15)31-11-13-5-6-14(25)10-16(13)26)9-20-22(30)29-19-4-2-1-3-18(19)28-23(29)32-20/h1-10H,11H2/b20-9-. The molecule has 9 heteroatoms. The summed E-state index contributed by atoms with van der Waals surface area (Å²) in [6.45, 7) is 0.233. The van der Waals surface area contributed by atoms with Crippen molar-refractivity contribution in [3.8, 4) is 5.75 Å². The Bertz CT molecular complexity index is 1590. The van der Waals surface area contributed by atoms with Crippen LogP contribution in [0.15, 0.2) is 63.9 Å². The first-order valence-electron chi connectivity index (χ1n) is 9.38. The van der Waals surface area contributed by atoms with Gasteiger partial charge in [-0.3, -0.25) is 4.79 Å². The van der Waals surface area contributed by atoms with Gasteiger partial charge in [0.25, 0.3) is 5.56 Å². The van der Waals surface area contributed by atoms with Crippen LogP contribution in [0.1, 0.15) is 11.1 Å². The number of imidazole rings is 1. The SMILES string of the molecule is O=c1/c(=C/c2cc(Cl)c(OCc3ccc(Cl)cc3Cl)c(Br)c2)sc2nc3ccccc3n12. The molecule has 0 N–H and O–H groups in total. The maximum absolute atomic E-state index is 13.0. The van der Waals surface area contributed by atoms with Gasteiger partial charge in [-0.15, -0.1) is 0 Å². The average Bonchev–Trinajstić information content (AvgIpc) is 3.25. The second kappa shape index (κ2) is 8.69. The summed E-state index contributed by atoms with van der Waals surface area (Å²) in [5.74, 6) is 0.490. The largest absolute Gasteiger partial charge is 0.486 e. The zero-order chi connectivity index (χ0) is 22.4. The molecule has 0 fully saturated rings.